The van der Waals surface area contributed by atoms with Crippen molar-refractivity contribution >= 4 is 31.3 Å². The molecule has 3 nitrogen and oxygen atoms in total. The van der Waals surface area contributed by atoms with Crippen LogP contribution in [0.4, 0.5) is 0 Å². The van der Waals surface area contributed by atoms with Crippen LogP contribution in [0.2, 0.25) is 5.02 Å². The van der Waals surface area contributed by atoms with E-state index in [1.807, 2.05) is 0 Å². The van der Waals surface area contributed by atoms with Gasteiger partial charge in [0, 0.05) is 10.7 Å². The van der Waals surface area contributed by atoms with Crippen LogP contribution in [0.5, 0.6) is 5.75 Å². The van der Waals surface area contributed by atoms with Gasteiger partial charge in [0.25, 0.3) is 9.05 Å². The summed E-state index contributed by atoms with van der Waals surface area (Å²) in [5.74, 6) is 0.980. The second-order valence-corrected chi connectivity index (χ2v) is 7.73. The summed E-state index contributed by atoms with van der Waals surface area (Å²) in [7, 11) is 1.50. The van der Waals surface area contributed by atoms with E-state index in [1.165, 1.54) is 25.0 Å². The van der Waals surface area contributed by atoms with E-state index in [0.29, 0.717) is 18.3 Å². The minimum absolute atomic E-state index is 0.0189. The highest BCUT2D eigenvalue weighted by Crippen LogP contribution is 2.29. The molecule has 1 rings (SSSR count). The van der Waals surface area contributed by atoms with Crippen LogP contribution in [-0.4, -0.2) is 15.0 Å². The second kappa shape index (κ2) is 8.11. The number of hydrogen-bond donors (Lipinski definition) is 0. The normalized spacial score (nSPS) is 13.2. The van der Waals surface area contributed by atoms with Gasteiger partial charge in [-0.15, -0.1) is 0 Å². The average Bonchev–Trinajstić information content (AvgIpc) is 2.39. The van der Waals surface area contributed by atoms with Crippen molar-refractivity contribution in [2.24, 2.45) is 5.92 Å². The largest absolute Gasteiger partial charge is 0.492 e. The van der Waals surface area contributed by atoms with E-state index >= 15 is 0 Å². The Bertz CT molecular complexity index is 529. The van der Waals surface area contributed by atoms with Crippen molar-refractivity contribution in [2.75, 3.05) is 6.61 Å². The fourth-order valence-corrected chi connectivity index (χ4v) is 2.93. The molecule has 0 spiro atoms. The minimum atomic E-state index is -3.76. The lowest BCUT2D eigenvalue weighted by Crippen LogP contribution is -2.11. The highest BCUT2D eigenvalue weighted by atomic mass is 35.7. The standard InChI is InChI=1S/C14H20Cl2O3S/c1-3-5-6-11(4-2)10-19-14-8-7-12(9-13(14)15)20(16,17)18/h7-9,11H,3-6,10H2,1-2H3. The Morgan fingerprint density at radius 3 is 2.50 bits per heavy atom. The maximum atomic E-state index is 11.2. The van der Waals surface area contributed by atoms with Gasteiger partial charge < -0.3 is 4.74 Å². The molecule has 0 aromatic heterocycles. The molecule has 20 heavy (non-hydrogen) atoms. The average molecular weight is 339 g/mol. The lowest BCUT2D eigenvalue weighted by Gasteiger charge is -2.16. The van der Waals surface area contributed by atoms with Crippen LogP contribution < -0.4 is 4.74 Å². The van der Waals surface area contributed by atoms with Crippen LogP contribution in [0.25, 0.3) is 0 Å². The van der Waals surface area contributed by atoms with Crippen molar-refractivity contribution in [3.05, 3.63) is 23.2 Å². The predicted octanol–water partition coefficient (Wildman–Crippen LogP) is 4.86. The third kappa shape index (κ3) is 5.51. The lowest BCUT2D eigenvalue weighted by atomic mass is 10.0. The molecule has 0 radical (unpaired) electrons. The molecule has 0 bridgehead atoms. The predicted molar refractivity (Wildman–Crippen MR) is 83.3 cm³/mol. The summed E-state index contributed by atoms with van der Waals surface area (Å²) in [6.07, 6.45) is 4.52. The topological polar surface area (TPSA) is 43.4 Å². The summed E-state index contributed by atoms with van der Waals surface area (Å²) in [6, 6.07) is 4.26. The fraction of sp³-hybridized carbons (Fsp3) is 0.571. The molecule has 0 aliphatic heterocycles. The molecule has 0 N–H and O–H groups in total. The van der Waals surface area contributed by atoms with E-state index in [1.54, 1.807) is 6.07 Å². The first-order chi connectivity index (χ1) is 9.38. The molecule has 0 aliphatic carbocycles. The van der Waals surface area contributed by atoms with Crippen LogP contribution in [0.15, 0.2) is 23.1 Å². The molecule has 0 amide bonds. The van der Waals surface area contributed by atoms with Crippen molar-refractivity contribution in [3.8, 4) is 5.75 Å². The van der Waals surface area contributed by atoms with E-state index in [2.05, 4.69) is 13.8 Å². The highest BCUT2D eigenvalue weighted by Gasteiger charge is 2.14. The van der Waals surface area contributed by atoms with E-state index in [9.17, 15) is 8.42 Å². The summed E-state index contributed by atoms with van der Waals surface area (Å²) < 4.78 is 28.1. The van der Waals surface area contributed by atoms with Gasteiger partial charge in [-0.3, -0.25) is 0 Å². The zero-order chi connectivity index (χ0) is 15.2. The summed E-state index contributed by atoms with van der Waals surface area (Å²) in [5, 5.41) is 0.261. The van der Waals surface area contributed by atoms with Crippen molar-refractivity contribution in [2.45, 2.75) is 44.4 Å². The number of ether oxygens (including phenoxy) is 1. The molecular weight excluding hydrogens is 319 g/mol. The summed E-state index contributed by atoms with van der Waals surface area (Å²) in [4.78, 5) is -0.0189. The molecule has 1 aromatic rings. The Labute approximate surface area is 130 Å². The van der Waals surface area contributed by atoms with Crippen molar-refractivity contribution in [1.29, 1.82) is 0 Å². The van der Waals surface area contributed by atoms with Gasteiger partial charge in [0.05, 0.1) is 16.5 Å². The van der Waals surface area contributed by atoms with Gasteiger partial charge in [0.15, 0.2) is 0 Å². The van der Waals surface area contributed by atoms with Crippen molar-refractivity contribution in [3.63, 3.8) is 0 Å². The summed E-state index contributed by atoms with van der Waals surface area (Å²) in [6.45, 7) is 4.88. The van der Waals surface area contributed by atoms with Crippen LogP contribution in [0, 0.1) is 5.92 Å². The molecule has 114 valence electrons. The van der Waals surface area contributed by atoms with Crippen LogP contribution in [0.1, 0.15) is 39.5 Å². The molecule has 0 heterocycles. The van der Waals surface area contributed by atoms with E-state index in [-0.39, 0.29) is 9.92 Å². The summed E-state index contributed by atoms with van der Waals surface area (Å²) >= 11 is 6.02. The maximum Gasteiger partial charge on any atom is 0.261 e. The van der Waals surface area contributed by atoms with Crippen LogP contribution in [-0.2, 0) is 9.05 Å². The third-order valence-electron chi connectivity index (χ3n) is 3.20. The quantitative estimate of drug-likeness (QED) is 0.635. The Balaban J connectivity index is 2.69. The van der Waals surface area contributed by atoms with Gasteiger partial charge in [0.1, 0.15) is 5.75 Å². The molecule has 0 fully saturated rings. The first-order valence-corrected chi connectivity index (χ1v) is 9.44. The SMILES string of the molecule is CCCCC(CC)COc1ccc(S(=O)(=O)Cl)cc1Cl. The molecule has 0 aliphatic rings. The zero-order valence-corrected chi connectivity index (χ0v) is 14.1. The van der Waals surface area contributed by atoms with Gasteiger partial charge in [-0.05, 0) is 30.5 Å². The Hall–Kier alpha value is -0.450. The monoisotopic (exact) mass is 338 g/mol. The zero-order valence-electron chi connectivity index (χ0n) is 11.7. The number of unbranched alkanes of at least 4 members (excludes halogenated alkanes) is 1. The lowest BCUT2D eigenvalue weighted by molar-refractivity contribution is 0.233. The van der Waals surface area contributed by atoms with Gasteiger partial charge >= 0.3 is 0 Å². The van der Waals surface area contributed by atoms with Crippen LogP contribution in [0.3, 0.4) is 0 Å². The number of halogens is 2. The molecular formula is C14H20Cl2O3S. The number of benzene rings is 1. The number of hydrogen-bond acceptors (Lipinski definition) is 3. The minimum Gasteiger partial charge on any atom is -0.492 e. The van der Waals surface area contributed by atoms with Gasteiger partial charge in [-0.25, -0.2) is 8.42 Å². The first-order valence-electron chi connectivity index (χ1n) is 6.75. The second-order valence-electron chi connectivity index (χ2n) is 4.76. The fourth-order valence-electron chi connectivity index (χ4n) is 1.86. The molecule has 1 aromatic carbocycles. The van der Waals surface area contributed by atoms with Gasteiger partial charge in [-0.1, -0.05) is 44.7 Å². The van der Waals surface area contributed by atoms with Crippen molar-refractivity contribution in [1.82, 2.24) is 0 Å². The Morgan fingerprint density at radius 2 is 2.00 bits per heavy atom. The maximum absolute atomic E-state index is 11.2. The molecule has 1 unspecified atom stereocenters. The van der Waals surface area contributed by atoms with Crippen LogP contribution >= 0.6 is 22.3 Å². The molecule has 6 heteroatoms. The van der Waals surface area contributed by atoms with E-state index in [0.717, 1.165) is 12.8 Å². The third-order valence-corrected chi connectivity index (χ3v) is 4.85. The molecule has 1 atom stereocenters. The number of rotatable bonds is 8. The van der Waals surface area contributed by atoms with E-state index in [4.69, 9.17) is 27.0 Å². The molecule has 0 saturated carbocycles. The first kappa shape index (κ1) is 17.6. The van der Waals surface area contributed by atoms with Gasteiger partial charge in [-0.2, -0.15) is 0 Å². The van der Waals surface area contributed by atoms with E-state index < -0.39 is 9.05 Å². The summed E-state index contributed by atoms with van der Waals surface area (Å²) in [5.41, 5.74) is 0. The Kier molecular flexibility index (Phi) is 7.13. The molecule has 0 saturated heterocycles. The van der Waals surface area contributed by atoms with Crippen molar-refractivity contribution < 1.29 is 13.2 Å². The highest BCUT2D eigenvalue weighted by molar-refractivity contribution is 8.13. The Morgan fingerprint density at radius 1 is 1.30 bits per heavy atom. The smallest absolute Gasteiger partial charge is 0.261 e. The van der Waals surface area contributed by atoms with Gasteiger partial charge in [0.2, 0.25) is 0 Å².